The first kappa shape index (κ1) is 16.2. The third-order valence-electron chi connectivity index (χ3n) is 2.61. The van der Waals surface area contributed by atoms with Crippen LogP contribution in [-0.2, 0) is 4.74 Å². The van der Waals surface area contributed by atoms with Crippen LogP contribution >= 0.6 is 11.6 Å². The van der Waals surface area contributed by atoms with Gasteiger partial charge in [-0.05, 0) is 38.5 Å². The predicted molar refractivity (Wildman–Crippen MR) is 87.8 cm³/mol. The molecule has 0 fully saturated rings. The number of hydrogen-bond acceptors (Lipinski definition) is 4. The zero-order chi connectivity index (χ0) is 16.2. The fraction of sp³-hybridized carbons (Fsp3) is 0.312. The highest BCUT2D eigenvalue weighted by atomic mass is 35.5. The van der Waals surface area contributed by atoms with Gasteiger partial charge in [0.25, 0.3) is 0 Å². The number of benzene rings is 1. The van der Waals surface area contributed by atoms with Crippen molar-refractivity contribution in [3.63, 3.8) is 0 Å². The van der Waals surface area contributed by atoms with E-state index in [1.807, 2.05) is 51.1 Å². The largest absolute Gasteiger partial charge is 0.444 e. The van der Waals surface area contributed by atoms with Crippen LogP contribution in [0.3, 0.4) is 0 Å². The fourth-order valence-electron chi connectivity index (χ4n) is 1.76. The first-order chi connectivity index (χ1) is 10.3. The molecule has 0 radical (unpaired) electrons. The van der Waals surface area contributed by atoms with Crippen molar-refractivity contribution in [2.24, 2.45) is 0 Å². The standard InChI is InChI=1S/C16H18ClN3O2/c1-16(2,3)22-15(21)18-8-4-5-11-6-7-12-13(9-11)20-14(17)10-19-12/h4-7,9-10H,8H2,1-3H3,(H,18,21). The molecular formula is C16H18ClN3O2. The van der Waals surface area contributed by atoms with Crippen molar-refractivity contribution in [3.05, 3.63) is 41.2 Å². The molecule has 0 saturated heterocycles. The molecule has 0 saturated carbocycles. The van der Waals surface area contributed by atoms with Gasteiger partial charge >= 0.3 is 6.09 Å². The predicted octanol–water partition coefficient (Wildman–Crippen LogP) is 3.82. The van der Waals surface area contributed by atoms with E-state index in [0.717, 1.165) is 16.6 Å². The number of rotatable bonds is 3. The molecule has 1 N–H and O–H groups in total. The van der Waals surface area contributed by atoms with Crippen LogP contribution < -0.4 is 5.32 Å². The highest BCUT2D eigenvalue weighted by Gasteiger charge is 2.14. The van der Waals surface area contributed by atoms with Crippen LogP contribution in [0.2, 0.25) is 5.15 Å². The summed E-state index contributed by atoms with van der Waals surface area (Å²) in [5.41, 5.74) is 1.97. The fourth-order valence-corrected chi connectivity index (χ4v) is 1.90. The Morgan fingerprint density at radius 2 is 2.14 bits per heavy atom. The molecule has 0 bridgehead atoms. The quantitative estimate of drug-likeness (QED) is 0.934. The molecule has 116 valence electrons. The van der Waals surface area contributed by atoms with Crippen LogP contribution in [0.15, 0.2) is 30.5 Å². The summed E-state index contributed by atoms with van der Waals surface area (Å²) in [7, 11) is 0. The molecule has 1 amide bonds. The molecule has 2 rings (SSSR count). The van der Waals surface area contributed by atoms with Crippen molar-refractivity contribution in [2.75, 3.05) is 6.54 Å². The van der Waals surface area contributed by atoms with Crippen molar-refractivity contribution in [1.29, 1.82) is 0 Å². The third-order valence-corrected chi connectivity index (χ3v) is 2.79. The molecule has 1 heterocycles. The number of carbonyl (C=O) groups excluding carboxylic acids is 1. The minimum atomic E-state index is -0.496. The maximum atomic E-state index is 11.5. The van der Waals surface area contributed by atoms with Gasteiger partial charge in [0.05, 0.1) is 17.2 Å². The maximum Gasteiger partial charge on any atom is 0.407 e. The number of nitrogens with one attached hydrogen (secondary N) is 1. The van der Waals surface area contributed by atoms with Crippen LogP contribution in [0.1, 0.15) is 26.3 Å². The Morgan fingerprint density at radius 1 is 1.36 bits per heavy atom. The molecule has 0 unspecified atom stereocenters. The molecule has 1 aromatic heterocycles. The number of ether oxygens (including phenoxy) is 1. The lowest BCUT2D eigenvalue weighted by Crippen LogP contribution is -2.32. The number of alkyl carbamates (subject to hydrolysis) is 1. The monoisotopic (exact) mass is 319 g/mol. The Hall–Kier alpha value is -2.14. The van der Waals surface area contributed by atoms with Crippen LogP contribution in [0.5, 0.6) is 0 Å². The second-order valence-corrected chi connectivity index (χ2v) is 6.11. The van der Waals surface area contributed by atoms with Gasteiger partial charge in [-0.25, -0.2) is 9.78 Å². The van der Waals surface area contributed by atoms with Crippen molar-refractivity contribution in [3.8, 4) is 0 Å². The second kappa shape index (κ2) is 6.75. The number of aromatic nitrogens is 2. The number of hydrogen-bond donors (Lipinski definition) is 1. The Kier molecular flexibility index (Phi) is 4.98. The molecule has 2 aromatic rings. The summed E-state index contributed by atoms with van der Waals surface area (Å²) in [6.45, 7) is 5.85. The van der Waals surface area contributed by atoms with E-state index >= 15 is 0 Å². The second-order valence-electron chi connectivity index (χ2n) is 5.73. The minimum Gasteiger partial charge on any atom is -0.444 e. The van der Waals surface area contributed by atoms with E-state index in [1.54, 1.807) is 0 Å². The van der Waals surface area contributed by atoms with E-state index in [-0.39, 0.29) is 0 Å². The number of amides is 1. The molecule has 5 nitrogen and oxygen atoms in total. The lowest BCUT2D eigenvalue weighted by Gasteiger charge is -2.19. The van der Waals surface area contributed by atoms with Gasteiger partial charge in [0.2, 0.25) is 0 Å². The van der Waals surface area contributed by atoms with Gasteiger partial charge < -0.3 is 10.1 Å². The lowest BCUT2D eigenvalue weighted by molar-refractivity contribution is 0.0534. The zero-order valence-corrected chi connectivity index (χ0v) is 13.5. The number of nitrogens with zero attached hydrogens (tertiary/aromatic N) is 2. The maximum absolute atomic E-state index is 11.5. The van der Waals surface area contributed by atoms with Gasteiger partial charge in [0, 0.05) is 6.54 Å². The molecular weight excluding hydrogens is 302 g/mol. The summed E-state index contributed by atoms with van der Waals surface area (Å²) in [5, 5.41) is 3.02. The van der Waals surface area contributed by atoms with E-state index < -0.39 is 11.7 Å². The lowest BCUT2D eigenvalue weighted by atomic mass is 10.2. The van der Waals surface area contributed by atoms with Crippen LogP contribution in [0, 0.1) is 0 Å². The molecule has 6 heteroatoms. The highest BCUT2D eigenvalue weighted by Crippen LogP contribution is 2.15. The molecule has 1 aromatic carbocycles. The van der Waals surface area contributed by atoms with E-state index in [1.165, 1.54) is 6.20 Å². The van der Waals surface area contributed by atoms with Crippen LogP contribution in [0.4, 0.5) is 4.79 Å². The summed E-state index contributed by atoms with van der Waals surface area (Å²) >= 11 is 5.83. The molecule has 0 aliphatic carbocycles. The van der Waals surface area contributed by atoms with Crippen molar-refractivity contribution in [2.45, 2.75) is 26.4 Å². The van der Waals surface area contributed by atoms with Crippen LogP contribution in [0.25, 0.3) is 17.1 Å². The minimum absolute atomic E-state index is 0.361. The average molecular weight is 320 g/mol. The summed E-state index contributed by atoms with van der Waals surface area (Å²) in [5.74, 6) is 0. The third kappa shape index (κ3) is 5.00. The van der Waals surface area contributed by atoms with Crippen molar-refractivity contribution in [1.82, 2.24) is 15.3 Å². The molecule has 22 heavy (non-hydrogen) atoms. The summed E-state index contributed by atoms with van der Waals surface area (Å²) in [6, 6.07) is 5.69. The van der Waals surface area contributed by atoms with Gasteiger partial charge in [-0.1, -0.05) is 29.8 Å². The van der Waals surface area contributed by atoms with E-state index in [4.69, 9.17) is 16.3 Å². The van der Waals surface area contributed by atoms with E-state index in [9.17, 15) is 4.79 Å². The Bertz CT molecular complexity index is 708. The Morgan fingerprint density at radius 3 is 2.86 bits per heavy atom. The van der Waals surface area contributed by atoms with E-state index in [0.29, 0.717) is 11.7 Å². The number of carbonyl (C=O) groups is 1. The van der Waals surface area contributed by atoms with Gasteiger partial charge in [0.1, 0.15) is 10.8 Å². The van der Waals surface area contributed by atoms with E-state index in [2.05, 4.69) is 15.3 Å². The van der Waals surface area contributed by atoms with Gasteiger partial charge in [-0.15, -0.1) is 0 Å². The number of halogens is 1. The smallest absolute Gasteiger partial charge is 0.407 e. The molecule has 0 aliphatic rings. The highest BCUT2D eigenvalue weighted by molar-refractivity contribution is 6.29. The van der Waals surface area contributed by atoms with Crippen LogP contribution in [-0.4, -0.2) is 28.2 Å². The first-order valence-electron chi connectivity index (χ1n) is 6.89. The Balaban J connectivity index is 1.94. The van der Waals surface area contributed by atoms with Gasteiger partial charge in [-0.2, -0.15) is 0 Å². The summed E-state index contributed by atoms with van der Waals surface area (Å²) in [6.07, 6.45) is 4.81. The Labute approximate surface area is 134 Å². The molecule has 0 spiro atoms. The number of fused-ring (bicyclic) bond motifs is 1. The average Bonchev–Trinajstić information content (AvgIpc) is 2.41. The zero-order valence-electron chi connectivity index (χ0n) is 12.8. The van der Waals surface area contributed by atoms with Gasteiger partial charge in [0.15, 0.2) is 0 Å². The SMILES string of the molecule is CC(C)(C)OC(=O)NCC=Cc1ccc2ncc(Cl)nc2c1. The molecule has 0 atom stereocenters. The topological polar surface area (TPSA) is 64.1 Å². The van der Waals surface area contributed by atoms with Crippen molar-refractivity contribution < 1.29 is 9.53 Å². The molecule has 0 aliphatic heterocycles. The summed E-state index contributed by atoms with van der Waals surface area (Å²) in [4.78, 5) is 19.9. The first-order valence-corrected chi connectivity index (χ1v) is 7.27. The van der Waals surface area contributed by atoms with Gasteiger partial charge in [-0.3, -0.25) is 4.98 Å². The summed E-state index contributed by atoms with van der Waals surface area (Å²) < 4.78 is 5.14. The van der Waals surface area contributed by atoms with Crippen molar-refractivity contribution >= 4 is 34.8 Å². The normalized spacial score (nSPS) is 11.8.